The van der Waals surface area contributed by atoms with Gasteiger partial charge in [-0.2, -0.15) is 0 Å². The van der Waals surface area contributed by atoms with E-state index in [2.05, 4.69) is 27.7 Å². The van der Waals surface area contributed by atoms with Crippen molar-refractivity contribution in [1.29, 1.82) is 0 Å². The summed E-state index contributed by atoms with van der Waals surface area (Å²) in [5.74, 6) is 13.2. The van der Waals surface area contributed by atoms with Crippen LogP contribution in [-0.4, -0.2) is 0 Å². The SMILES string of the molecule is CCCCCCCCC1CCC(C2CCC3(CC2)CC2(CCC(C4CCC(CCCCCCCC)CC4)CC2)C3)CC1.CCCCCCCCCC1CCC(C2CCC3(CC2)CC2(CCC(C4CCC(CCCCCCCCC)CC4)CC2)C3)CC1. The summed E-state index contributed by atoms with van der Waals surface area (Å²) in [6.45, 7) is 9.33. The molecule has 0 heteroatoms. The molecule has 0 heterocycles. The van der Waals surface area contributed by atoms with Crippen molar-refractivity contribution in [3.63, 3.8) is 0 Å². The monoisotopic (exact) mass is 1190 g/mol. The molecule has 0 saturated heterocycles. The van der Waals surface area contributed by atoms with Crippen LogP contribution in [0, 0.1) is 92.7 Å². The van der Waals surface area contributed by atoms with Crippen molar-refractivity contribution in [2.24, 2.45) is 92.7 Å². The van der Waals surface area contributed by atoms with Crippen molar-refractivity contribution in [1.82, 2.24) is 0 Å². The molecular weight excluding hydrogens is 1030 g/mol. The zero-order valence-electron chi connectivity index (χ0n) is 59.6. The zero-order chi connectivity index (χ0) is 59.6. The highest BCUT2D eigenvalue weighted by Crippen LogP contribution is 2.69. The largest absolute Gasteiger partial charge is 0.0654 e. The Balaban J connectivity index is 0.000000206. The molecule has 0 aromatic heterocycles. The Kier molecular flexibility index (Phi) is 30.9. The first kappa shape index (κ1) is 70.3. The van der Waals surface area contributed by atoms with Crippen LogP contribution in [0.25, 0.3) is 0 Å². The van der Waals surface area contributed by atoms with E-state index in [1.54, 1.807) is 257 Å². The summed E-state index contributed by atoms with van der Waals surface area (Å²) >= 11 is 0. The van der Waals surface area contributed by atoms with Crippen LogP contribution in [0.3, 0.4) is 0 Å². The summed E-state index contributed by atoms with van der Waals surface area (Å²) in [5.41, 5.74) is 3.25. The van der Waals surface area contributed by atoms with E-state index in [-0.39, 0.29) is 0 Å². The Labute approximate surface area is 541 Å². The molecule has 0 amide bonds. The fourth-order valence-electron chi connectivity index (χ4n) is 24.4. The molecule has 500 valence electrons. The van der Waals surface area contributed by atoms with Crippen molar-refractivity contribution in [2.75, 3.05) is 0 Å². The minimum Gasteiger partial charge on any atom is -0.0654 e. The lowest BCUT2D eigenvalue weighted by Crippen LogP contribution is -2.50. The van der Waals surface area contributed by atoms with Gasteiger partial charge < -0.3 is 0 Å². The summed E-state index contributed by atoms with van der Waals surface area (Å²) < 4.78 is 0. The van der Waals surface area contributed by atoms with Crippen LogP contribution in [0.1, 0.15) is 451 Å². The summed E-state index contributed by atoms with van der Waals surface area (Å²) in [7, 11) is 0. The Morgan fingerprint density at radius 3 is 0.500 bits per heavy atom. The molecule has 0 radical (unpaired) electrons. The maximum Gasteiger partial charge on any atom is -0.0287 e. The topological polar surface area (TPSA) is 0 Å². The van der Waals surface area contributed by atoms with Gasteiger partial charge in [0.25, 0.3) is 0 Å². The molecule has 10 fully saturated rings. The average Bonchev–Trinajstić information content (AvgIpc) is 0.923. The second-order valence-corrected chi connectivity index (χ2v) is 36.1. The first-order chi connectivity index (χ1) is 42.2. The van der Waals surface area contributed by atoms with Gasteiger partial charge >= 0.3 is 0 Å². The van der Waals surface area contributed by atoms with Crippen molar-refractivity contribution in [3.8, 4) is 0 Å². The van der Waals surface area contributed by atoms with Gasteiger partial charge in [-0.3, -0.25) is 0 Å². The zero-order valence-corrected chi connectivity index (χ0v) is 59.6. The molecule has 10 aliphatic rings. The van der Waals surface area contributed by atoms with Gasteiger partial charge in [0.2, 0.25) is 0 Å². The lowest BCUT2D eigenvalue weighted by molar-refractivity contribution is -0.109. The third-order valence-electron chi connectivity index (χ3n) is 30.0. The molecule has 4 spiro atoms. The van der Waals surface area contributed by atoms with Gasteiger partial charge in [-0.15, -0.1) is 0 Å². The minimum atomic E-state index is 0.811. The molecule has 0 aromatic carbocycles. The predicted octanol–water partition coefficient (Wildman–Crippen LogP) is 29.3. The van der Waals surface area contributed by atoms with Crippen LogP contribution in [0.5, 0.6) is 0 Å². The molecule has 0 N–H and O–H groups in total. The predicted molar refractivity (Wildman–Crippen MR) is 379 cm³/mol. The lowest BCUT2D eigenvalue weighted by Gasteiger charge is -2.62. The normalized spacial score (nSPS) is 38.4. The summed E-state index contributed by atoms with van der Waals surface area (Å²) in [6.07, 6.45) is 102. The Morgan fingerprint density at radius 1 is 0.174 bits per heavy atom. The van der Waals surface area contributed by atoms with Crippen LogP contribution in [-0.2, 0) is 0 Å². The van der Waals surface area contributed by atoms with Gasteiger partial charge in [-0.25, -0.2) is 0 Å². The standard InChI is InChI=1S/C44H80.C42H76/c1-3-5-7-9-11-13-15-17-37-19-23-39(24-20-37)41-27-31-43(32-28-41)35-44(36-43)33-29-42(30-34-44)40-25-21-38(22-26-40)18-16-14-12-10-8-6-4-2;1-3-5-7-9-11-13-15-35-17-21-37(22-18-35)39-25-29-41(30-26-39)33-42(34-41)31-27-40(28-32-42)38-23-19-36(20-24-38)16-14-12-10-8-6-4-2/h37-42H,3-36H2,1-2H3;35-40H,3-34H2,1-2H3. The molecule has 10 rings (SSSR count). The molecule has 0 atom stereocenters. The quantitative estimate of drug-likeness (QED) is 0.0564. The second kappa shape index (κ2) is 37.8. The number of hydrogen-bond acceptors (Lipinski definition) is 0. The van der Waals surface area contributed by atoms with Crippen LogP contribution < -0.4 is 0 Å². The maximum absolute atomic E-state index is 2.33. The lowest BCUT2D eigenvalue weighted by atomic mass is 9.43. The van der Waals surface area contributed by atoms with Gasteiger partial charge in [-0.1, -0.05) is 272 Å². The van der Waals surface area contributed by atoms with Crippen LogP contribution in [0.4, 0.5) is 0 Å². The van der Waals surface area contributed by atoms with E-state index in [0.29, 0.717) is 0 Å². The van der Waals surface area contributed by atoms with Gasteiger partial charge in [0, 0.05) is 0 Å². The number of unbranched alkanes of at least 4 members (excludes halogenated alkanes) is 22. The first-order valence-corrected chi connectivity index (χ1v) is 42.2. The van der Waals surface area contributed by atoms with E-state index in [9.17, 15) is 0 Å². The Morgan fingerprint density at radius 2 is 0.326 bits per heavy atom. The van der Waals surface area contributed by atoms with Crippen molar-refractivity contribution >= 4 is 0 Å². The van der Waals surface area contributed by atoms with E-state index >= 15 is 0 Å². The molecule has 0 aromatic rings. The summed E-state index contributed by atoms with van der Waals surface area (Å²) in [5, 5.41) is 0. The fourth-order valence-corrected chi connectivity index (χ4v) is 24.4. The minimum absolute atomic E-state index is 0.811. The van der Waals surface area contributed by atoms with Gasteiger partial charge in [0.05, 0.1) is 0 Å². The maximum atomic E-state index is 2.33. The Bertz CT molecular complexity index is 1540. The molecule has 10 saturated carbocycles. The van der Waals surface area contributed by atoms with Crippen LogP contribution in [0.2, 0.25) is 0 Å². The first-order valence-electron chi connectivity index (χ1n) is 42.2. The van der Waals surface area contributed by atoms with Gasteiger partial charge in [-0.05, 0) is 272 Å². The van der Waals surface area contributed by atoms with E-state index in [4.69, 9.17) is 0 Å². The molecule has 0 bridgehead atoms. The molecule has 0 nitrogen and oxygen atoms in total. The molecular formula is C86H156. The molecule has 10 aliphatic carbocycles. The van der Waals surface area contributed by atoms with Crippen molar-refractivity contribution < 1.29 is 0 Å². The van der Waals surface area contributed by atoms with E-state index in [1.165, 1.54) is 167 Å². The molecule has 86 heavy (non-hydrogen) atoms. The fraction of sp³-hybridized carbons (Fsp3) is 1.00. The Hall–Kier alpha value is 0. The highest BCUT2D eigenvalue weighted by atomic mass is 14.6. The van der Waals surface area contributed by atoms with Crippen molar-refractivity contribution in [2.45, 2.75) is 451 Å². The molecule has 0 aliphatic heterocycles. The smallest absolute Gasteiger partial charge is 0.0287 e. The van der Waals surface area contributed by atoms with Crippen molar-refractivity contribution in [3.05, 3.63) is 0 Å². The third kappa shape index (κ3) is 22.0. The molecule has 0 unspecified atom stereocenters. The number of rotatable bonds is 34. The van der Waals surface area contributed by atoms with Crippen LogP contribution in [0.15, 0.2) is 0 Å². The van der Waals surface area contributed by atoms with Gasteiger partial charge in [0.15, 0.2) is 0 Å². The van der Waals surface area contributed by atoms with Crippen LogP contribution >= 0.6 is 0 Å². The summed E-state index contributed by atoms with van der Waals surface area (Å²) in [4.78, 5) is 0. The highest BCUT2D eigenvalue weighted by Gasteiger charge is 2.57. The van der Waals surface area contributed by atoms with E-state index in [1.807, 2.05) is 0 Å². The van der Waals surface area contributed by atoms with E-state index in [0.717, 1.165) is 92.7 Å². The number of hydrogen-bond donors (Lipinski definition) is 0. The highest BCUT2D eigenvalue weighted by molar-refractivity contribution is 5.09. The van der Waals surface area contributed by atoms with Gasteiger partial charge in [0.1, 0.15) is 0 Å². The third-order valence-corrected chi connectivity index (χ3v) is 30.0. The van der Waals surface area contributed by atoms with E-state index < -0.39 is 0 Å². The second-order valence-electron chi connectivity index (χ2n) is 36.1. The average molecular weight is 1190 g/mol. The summed E-state index contributed by atoms with van der Waals surface area (Å²) in [6, 6.07) is 0.